The number of rotatable bonds is 4. The number of hydrogen-bond acceptors (Lipinski definition) is 2. The number of hydrogen-bond donors (Lipinski definition) is 2. The van der Waals surface area contributed by atoms with Gasteiger partial charge in [0.15, 0.2) is 0 Å². The quantitative estimate of drug-likeness (QED) is 0.746. The molecule has 2 saturated carbocycles. The van der Waals surface area contributed by atoms with Crippen LogP contribution in [0.1, 0.15) is 44.9 Å². The average Bonchev–Trinajstić information content (AvgIpc) is 3.02. The molecule has 0 radical (unpaired) electrons. The van der Waals surface area contributed by atoms with E-state index in [0.29, 0.717) is 12.3 Å². The van der Waals surface area contributed by atoms with Crippen LogP contribution in [-0.4, -0.2) is 17.9 Å². The van der Waals surface area contributed by atoms with Crippen molar-refractivity contribution in [3.05, 3.63) is 0 Å². The minimum atomic E-state index is -0.192. The first-order valence-corrected chi connectivity index (χ1v) is 6.24. The number of amides is 2. The molecule has 2 amide bonds. The van der Waals surface area contributed by atoms with Crippen molar-refractivity contribution in [2.75, 3.05) is 0 Å². The van der Waals surface area contributed by atoms with Gasteiger partial charge in [0, 0.05) is 18.4 Å². The van der Waals surface area contributed by atoms with Crippen molar-refractivity contribution in [3.8, 4) is 0 Å². The van der Waals surface area contributed by atoms with Gasteiger partial charge < -0.3 is 11.1 Å². The molecule has 0 aromatic rings. The Kier molecular flexibility index (Phi) is 3.46. The summed E-state index contributed by atoms with van der Waals surface area (Å²) in [6.45, 7) is 0. The summed E-state index contributed by atoms with van der Waals surface area (Å²) in [4.78, 5) is 22.5. The van der Waals surface area contributed by atoms with Crippen LogP contribution in [-0.2, 0) is 9.59 Å². The zero-order chi connectivity index (χ0) is 11.5. The van der Waals surface area contributed by atoms with Gasteiger partial charge in [-0.2, -0.15) is 0 Å². The van der Waals surface area contributed by atoms with Crippen LogP contribution < -0.4 is 11.1 Å². The van der Waals surface area contributed by atoms with Crippen molar-refractivity contribution in [3.63, 3.8) is 0 Å². The minimum absolute atomic E-state index is 0.0246. The lowest BCUT2D eigenvalue weighted by Crippen LogP contribution is -2.39. The second-order valence-electron chi connectivity index (χ2n) is 5.17. The van der Waals surface area contributed by atoms with Crippen LogP contribution in [0.25, 0.3) is 0 Å². The van der Waals surface area contributed by atoms with E-state index in [0.717, 1.165) is 25.7 Å². The maximum Gasteiger partial charge on any atom is 0.220 e. The molecule has 4 nitrogen and oxygen atoms in total. The van der Waals surface area contributed by atoms with Crippen LogP contribution in [0.2, 0.25) is 0 Å². The van der Waals surface area contributed by atoms with E-state index in [4.69, 9.17) is 5.73 Å². The summed E-state index contributed by atoms with van der Waals surface area (Å²) in [5, 5.41) is 3.06. The molecule has 0 aliphatic heterocycles. The van der Waals surface area contributed by atoms with Crippen molar-refractivity contribution in [1.29, 1.82) is 0 Å². The standard InChI is InChI=1S/C12H20N2O2/c13-12(16)9-3-5-10(6-4-9)14-11(15)7-8-1-2-8/h8-10H,1-7H2,(H2,13,16)(H,14,15). The molecule has 0 heterocycles. The van der Waals surface area contributed by atoms with Gasteiger partial charge in [-0.05, 0) is 44.4 Å². The molecule has 0 spiro atoms. The van der Waals surface area contributed by atoms with E-state index < -0.39 is 0 Å². The molecule has 2 fully saturated rings. The van der Waals surface area contributed by atoms with Crippen LogP contribution in [0.5, 0.6) is 0 Å². The maximum atomic E-state index is 11.6. The Morgan fingerprint density at radius 2 is 1.69 bits per heavy atom. The summed E-state index contributed by atoms with van der Waals surface area (Å²) < 4.78 is 0. The molecule has 16 heavy (non-hydrogen) atoms. The average molecular weight is 224 g/mol. The van der Waals surface area contributed by atoms with E-state index in [1.54, 1.807) is 0 Å². The van der Waals surface area contributed by atoms with Crippen LogP contribution >= 0.6 is 0 Å². The van der Waals surface area contributed by atoms with E-state index in [1.165, 1.54) is 12.8 Å². The molecule has 0 aromatic heterocycles. The summed E-state index contributed by atoms with van der Waals surface area (Å²) in [7, 11) is 0. The van der Waals surface area contributed by atoms with Crippen molar-refractivity contribution in [2.24, 2.45) is 17.6 Å². The fourth-order valence-corrected chi connectivity index (χ4v) is 2.39. The lowest BCUT2D eigenvalue weighted by molar-refractivity contribution is -0.123. The van der Waals surface area contributed by atoms with Crippen LogP contribution in [0.15, 0.2) is 0 Å². The maximum absolute atomic E-state index is 11.6. The fourth-order valence-electron chi connectivity index (χ4n) is 2.39. The van der Waals surface area contributed by atoms with Gasteiger partial charge in [-0.15, -0.1) is 0 Å². The largest absolute Gasteiger partial charge is 0.369 e. The Morgan fingerprint density at radius 1 is 1.06 bits per heavy atom. The van der Waals surface area contributed by atoms with E-state index >= 15 is 0 Å². The summed E-state index contributed by atoms with van der Waals surface area (Å²) >= 11 is 0. The Hall–Kier alpha value is -1.06. The normalized spacial score (nSPS) is 29.8. The summed E-state index contributed by atoms with van der Waals surface area (Å²) in [5.74, 6) is 0.659. The van der Waals surface area contributed by atoms with Gasteiger partial charge in [-0.25, -0.2) is 0 Å². The first-order valence-electron chi connectivity index (χ1n) is 6.24. The third-order valence-electron chi connectivity index (χ3n) is 3.67. The first-order chi connectivity index (χ1) is 7.65. The number of carbonyl (C=O) groups is 2. The van der Waals surface area contributed by atoms with E-state index in [1.807, 2.05) is 0 Å². The lowest BCUT2D eigenvalue weighted by Gasteiger charge is -2.27. The second-order valence-corrected chi connectivity index (χ2v) is 5.17. The summed E-state index contributed by atoms with van der Waals surface area (Å²) in [6.07, 6.45) is 6.54. The number of primary amides is 1. The van der Waals surface area contributed by atoms with Gasteiger partial charge in [0.2, 0.25) is 11.8 Å². The monoisotopic (exact) mass is 224 g/mol. The van der Waals surface area contributed by atoms with Gasteiger partial charge in [0.25, 0.3) is 0 Å². The Morgan fingerprint density at radius 3 is 2.19 bits per heavy atom. The van der Waals surface area contributed by atoms with Crippen LogP contribution in [0.3, 0.4) is 0 Å². The van der Waals surface area contributed by atoms with Gasteiger partial charge in [0.05, 0.1) is 0 Å². The topological polar surface area (TPSA) is 72.2 Å². The van der Waals surface area contributed by atoms with Crippen LogP contribution in [0, 0.1) is 11.8 Å². The zero-order valence-corrected chi connectivity index (χ0v) is 9.58. The Labute approximate surface area is 96.0 Å². The molecule has 0 bridgehead atoms. The van der Waals surface area contributed by atoms with Gasteiger partial charge in [-0.3, -0.25) is 9.59 Å². The molecule has 4 heteroatoms. The Bertz CT molecular complexity index is 279. The highest BCUT2D eigenvalue weighted by molar-refractivity contribution is 5.77. The number of carbonyl (C=O) groups excluding carboxylic acids is 2. The van der Waals surface area contributed by atoms with E-state index in [2.05, 4.69) is 5.32 Å². The molecule has 0 unspecified atom stereocenters. The van der Waals surface area contributed by atoms with Crippen LogP contribution in [0.4, 0.5) is 0 Å². The molecule has 0 atom stereocenters. The van der Waals surface area contributed by atoms with Crippen molar-refractivity contribution < 1.29 is 9.59 Å². The lowest BCUT2D eigenvalue weighted by atomic mass is 9.85. The smallest absolute Gasteiger partial charge is 0.220 e. The van der Waals surface area contributed by atoms with E-state index in [-0.39, 0.29) is 23.8 Å². The highest BCUT2D eigenvalue weighted by Gasteiger charge is 2.28. The highest BCUT2D eigenvalue weighted by Crippen LogP contribution is 2.32. The zero-order valence-electron chi connectivity index (χ0n) is 9.58. The molecule has 2 aliphatic rings. The second kappa shape index (κ2) is 4.85. The summed E-state index contributed by atoms with van der Waals surface area (Å²) in [5.41, 5.74) is 5.26. The van der Waals surface area contributed by atoms with Crippen molar-refractivity contribution in [2.45, 2.75) is 51.0 Å². The third-order valence-corrected chi connectivity index (χ3v) is 3.67. The number of nitrogens with two attached hydrogens (primary N) is 1. The molecule has 0 saturated heterocycles. The summed E-state index contributed by atoms with van der Waals surface area (Å²) in [6, 6.07) is 0.266. The van der Waals surface area contributed by atoms with Gasteiger partial charge >= 0.3 is 0 Å². The number of nitrogens with one attached hydrogen (secondary N) is 1. The predicted molar refractivity (Wildman–Crippen MR) is 60.4 cm³/mol. The highest BCUT2D eigenvalue weighted by atomic mass is 16.2. The molecular weight excluding hydrogens is 204 g/mol. The SMILES string of the molecule is NC(=O)C1CCC(NC(=O)CC2CC2)CC1. The molecule has 2 rings (SSSR count). The first kappa shape index (κ1) is 11.4. The molecule has 2 aliphatic carbocycles. The fraction of sp³-hybridized carbons (Fsp3) is 0.833. The molecular formula is C12H20N2O2. The molecule has 3 N–H and O–H groups in total. The Balaban J connectivity index is 1.67. The molecule has 0 aromatic carbocycles. The van der Waals surface area contributed by atoms with Crippen molar-refractivity contribution >= 4 is 11.8 Å². The van der Waals surface area contributed by atoms with Gasteiger partial charge in [0.1, 0.15) is 0 Å². The molecule has 90 valence electrons. The van der Waals surface area contributed by atoms with E-state index in [9.17, 15) is 9.59 Å². The predicted octanol–water partition coefficient (Wildman–Crippen LogP) is 0.947. The third kappa shape index (κ3) is 3.22. The van der Waals surface area contributed by atoms with Gasteiger partial charge in [-0.1, -0.05) is 0 Å². The van der Waals surface area contributed by atoms with Crippen molar-refractivity contribution in [1.82, 2.24) is 5.32 Å². The minimum Gasteiger partial charge on any atom is -0.369 e.